The van der Waals surface area contributed by atoms with Crippen LogP contribution in [0.2, 0.25) is 0 Å². The normalized spacial score (nSPS) is 11.9. The molecule has 0 heterocycles. The molecule has 364 valence electrons. The fourth-order valence-corrected chi connectivity index (χ4v) is 6.43. The highest BCUT2D eigenvalue weighted by molar-refractivity contribution is 7.04. The van der Waals surface area contributed by atoms with Gasteiger partial charge in [-0.05, 0) is 60.4 Å². The van der Waals surface area contributed by atoms with Gasteiger partial charge < -0.3 is 55.5 Å². The van der Waals surface area contributed by atoms with Crippen molar-refractivity contribution in [1.82, 2.24) is 21.3 Å². The molecule has 0 aromatic rings. The molecule has 19 nitrogen and oxygen atoms in total. The van der Waals surface area contributed by atoms with Crippen LogP contribution in [0.25, 0.3) is 0 Å². The highest BCUT2D eigenvalue weighted by Crippen LogP contribution is 2.14. The van der Waals surface area contributed by atoms with E-state index >= 15 is 0 Å². The van der Waals surface area contributed by atoms with Crippen LogP contribution in [0.4, 0.5) is 0 Å². The van der Waals surface area contributed by atoms with Gasteiger partial charge in [-0.15, -0.1) is 0 Å². The predicted molar refractivity (Wildman–Crippen MR) is 238 cm³/mol. The van der Waals surface area contributed by atoms with Crippen molar-refractivity contribution in [3.63, 3.8) is 0 Å². The first-order valence-electron chi connectivity index (χ1n) is 22.9. The van der Waals surface area contributed by atoms with Gasteiger partial charge in [-0.1, -0.05) is 77.0 Å². The molecule has 0 bridgehead atoms. The summed E-state index contributed by atoms with van der Waals surface area (Å²) in [5, 5.41) is 37.7. The molecule has 0 fully saturated rings. The lowest BCUT2D eigenvalue weighted by atomic mass is 10.0. The lowest BCUT2D eigenvalue weighted by molar-refractivity contribution is -0.142. The van der Waals surface area contributed by atoms with Crippen LogP contribution in [0.15, 0.2) is 4.74 Å². The number of carboxylic acid groups (broad SMARTS) is 3. The number of hydrogen-bond donors (Lipinski definition) is 7. The standard InChI is InChI=1S/C43H78N5O14P/c49-37(23-22-35(42(55)56)47-38(50)20-13-11-9-7-5-3-1-2-4-6-8-10-12-14-21-41(53)54)44-25-17-27-59-29-31-61-32-30-60-28-18-26-46-40(52)34-62-33-39(51)45-24-16-15-19-36(48-63)43(57)58/h35-36,63H,1-34H2,(H,44,49)(H,45,51)(H,46,52)(H,47,50)(H,53,54)(H,55,56)(H,57,58)/t35-,36?/m0/s1. The molecular formula is C43H78N5O14P. The third-order valence-electron chi connectivity index (χ3n) is 9.79. The zero-order valence-electron chi connectivity index (χ0n) is 37.5. The SMILES string of the molecule is O=C(O)CCCCCCCCCCCCCCCCC(=O)N[C@@H](CCC(=O)NCCCOCCOCCOCCCNC(=O)COCC(=O)NCCCCC(N=P)C(=O)O)C(=O)O. The van der Waals surface area contributed by atoms with E-state index in [-0.39, 0.29) is 62.5 Å². The minimum Gasteiger partial charge on any atom is -0.481 e. The van der Waals surface area contributed by atoms with Crippen LogP contribution < -0.4 is 21.3 Å². The van der Waals surface area contributed by atoms with Crippen LogP contribution in [-0.2, 0) is 52.5 Å². The van der Waals surface area contributed by atoms with E-state index in [1.807, 2.05) is 0 Å². The average molecular weight is 920 g/mol. The highest BCUT2D eigenvalue weighted by Gasteiger charge is 2.21. The molecule has 0 spiro atoms. The van der Waals surface area contributed by atoms with Crippen molar-refractivity contribution < 1.29 is 67.8 Å². The van der Waals surface area contributed by atoms with Gasteiger partial charge in [0.15, 0.2) is 6.04 Å². The lowest BCUT2D eigenvalue weighted by Crippen LogP contribution is -2.41. The number of rotatable bonds is 47. The molecule has 0 aliphatic heterocycles. The first kappa shape index (κ1) is 59.2. The van der Waals surface area contributed by atoms with E-state index in [2.05, 4.69) is 35.0 Å². The molecule has 0 radical (unpaired) electrons. The first-order chi connectivity index (χ1) is 30.5. The minimum absolute atomic E-state index is 0.00601. The molecular weight excluding hydrogens is 841 g/mol. The third kappa shape index (κ3) is 42.0. The van der Waals surface area contributed by atoms with Crippen molar-refractivity contribution in [2.45, 2.75) is 160 Å². The lowest BCUT2D eigenvalue weighted by Gasteiger charge is -2.14. The fourth-order valence-electron chi connectivity index (χ4n) is 6.19. The maximum Gasteiger partial charge on any atom is 0.328 e. The van der Waals surface area contributed by atoms with Gasteiger partial charge in [0.2, 0.25) is 23.6 Å². The van der Waals surface area contributed by atoms with Crippen molar-refractivity contribution >= 4 is 50.6 Å². The molecule has 2 atom stereocenters. The summed E-state index contributed by atoms with van der Waals surface area (Å²) in [5.41, 5.74) is 0. The average Bonchev–Trinajstić information content (AvgIpc) is 3.24. The Morgan fingerprint density at radius 3 is 1.30 bits per heavy atom. The van der Waals surface area contributed by atoms with Crippen LogP contribution in [0, 0.1) is 0 Å². The van der Waals surface area contributed by atoms with Crippen LogP contribution in [0.1, 0.15) is 148 Å². The van der Waals surface area contributed by atoms with Crippen molar-refractivity contribution in [3.05, 3.63) is 0 Å². The Bertz CT molecular complexity index is 1260. The summed E-state index contributed by atoms with van der Waals surface area (Å²) in [4.78, 5) is 81.3. The number of aliphatic carboxylic acids is 3. The van der Waals surface area contributed by atoms with E-state index in [1.54, 1.807) is 0 Å². The number of nitrogens with zero attached hydrogens (tertiary/aromatic N) is 1. The number of unbranched alkanes of at least 4 members (excludes halogenated alkanes) is 14. The number of carbonyl (C=O) groups is 7. The molecule has 0 rings (SSSR count). The second-order valence-electron chi connectivity index (χ2n) is 15.4. The molecule has 4 amide bonds. The van der Waals surface area contributed by atoms with Crippen LogP contribution >= 0.6 is 9.03 Å². The third-order valence-corrected chi connectivity index (χ3v) is 10.1. The van der Waals surface area contributed by atoms with Crippen LogP contribution in [0.3, 0.4) is 0 Å². The summed E-state index contributed by atoms with van der Waals surface area (Å²) in [5.74, 6) is -4.21. The quantitative estimate of drug-likeness (QED) is 0.0319. The molecule has 0 aromatic heterocycles. The monoisotopic (exact) mass is 920 g/mol. The molecule has 63 heavy (non-hydrogen) atoms. The fraction of sp³-hybridized carbons (Fsp3) is 0.837. The number of hydrogen-bond acceptors (Lipinski definition) is 12. The van der Waals surface area contributed by atoms with Gasteiger partial charge in [0, 0.05) is 52.1 Å². The van der Waals surface area contributed by atoms with Gasteiger partial charge in [-0.25, -0.2) is 9.59 Å². The zero-order chi connectivity index (χ0) is 46.6. The summed E-state index contributed by atoms with van der Waals surface area (Å²) < 4.78 is 25.2. The number of carboxylic acids is 3. The van der Waals surface area contributed by atoms with Crippen LogP contribution in [-0.4, -0.2) is 141 Å². The Hall–Kier alpha value is -3.77. The van der Waals surface area contributed by atoms with Crippen molar-refractivity contribution in [1.29, 1.82) is 0 Å². The minimum atomic E-state index is -1.16. The van der Waals surface area contributed by atoms with Crippen LogP contribution in [0.5, 0.6) is 0 Å². The van der Waals surface area contributed by atoms with Gasteiger partial charge in [0.25, 0.3) is 0 Å². The smallest absolute Gasteiger partial charge is 0.328 e. The second kappa shape index (κ2) is 43.5. The van der Waals surface area contributed by atoms with E-state index < -0.39 is 30.0 Å². The van der Waals surface area contributed by atoms with Crippen molar-refractivity contribution in [2.24, 2.45) is 4.74 Å². The molecule has 0 saturated carbocycles. The van der Waals surface area contributed by atoms with E-state index in [4.69, 9.17) is 29.2 Å². The van der Waals surface area contributed by atoms with E-state index in [1.165, 1.54) is 44.9 Å². The molecule has 7 N–H and O–H groups in total. The molecule has 0 aliphatic carbocycles. The van der Waals surface area contributed by atoms with Crippen molar-refractivity contribution in [2.75, 3.05) is 72.5 Å². The number of carbonyl (C=O) groups excluding carboxylic acids is 4. The maximum absolute atomic E-state index is 12.3. The van der Waals surface area contributed by atoms with Gasteiger partial charge in [-0.2, -0.15) is 0 Å². The molecule has 0 saturated heterocycles. The van der Waals surface area contributed by atoms with Gasteiger partial charge in [0.1, 0.15) is 19.3 Å². The van der Waals surface area contributed by atoms with E-state index in [9.17, 15) is 38.7 Å². The Morgan fingerprint density at radius 2 is 0.857 bits per heavy atom. The Balaban J connectivity index is 3.61. The summed E-state index contributed by atoms with van der Waals surface area (Å²) in [6, 6.07) is -1.93. The number of ether oxygens (including phenoxy) is 4. The van der Waals surface area contributed by atoms with Gasteiger partial charge >= 0.3 is 17.9 Å². The molecule has 20 heteroatoms. The Kier molecular flexibility index (Phi) is 40.9. The van der Waals surface area contributed by atoms with E-state index in [0.29, 0.717) is 97.8 Å². The number of amides is 4. The summed E-state index contributed by atoms with van der Waals surface area (Å²) in [6.45, 7) is 2.93. The maximum atomic E-state index is 12.3. The second-order valence-corrected chi connectivity index (χ2v) is 15.7. The van der Waals surface area contributed by atoms with Gasteiger partial charge in [-0.3, -0.25) is 28.7 Å². The predicted octanol–water partition coefficient (Wildman–Crippen LogP) is 4.81. The molecule has 0 aromatic carbocycles. The van der Waals surface area contributed by atoms with Crippen molar-refractivity contribution in [3.8, 4) is 0 Å². The summed E-state index contributed by atoms with van der Waals surface area (Å²) >= 11 is 0. The Morgan fingerprint density at radius 1 is 0.429 bits per heavy atom. The molecule has 0 aliphatic rings. The molecule has 1 unspecified atom stereocenters. The number of nitrogens with one attached hydrogen (secondary N) is 4. The van der Waals surface area contributed by atoms with Gasteiger partial charge in [0.05, 0.1) is 26.4 Å². The zero-order valence-corrected chi connectivity index (χ0v) is 38.5. The Labute approximate surface area is 375 Å². The van der Waals surface area contributed by atoms with E-state index in [0.717, 1.165) is 38.5 Å². The topological polar surface area (TPSA) is 278 Å². The summed E-state index contributed by atoms with van der Waals surface area (Å²) in [7, 11) is 2.86. The largest absolute Gasteiger partial charge is 0.481 e. The first-order valence-corrected chi connectivity index (χ1v) is 23.3. The summed E-state index contributed by atoms with van der Waals surface area (Å²) in [6.07, 6.45) is 18.3. The highest BCUT2D eigenvalue weighted by atomic mass is 31.0.